The SMILES string of the molecule is CC.CC(C)c1cc2c(c(C(C)C)c1-n1ccnc1-c1ccccc1)C(C)(C)c1ccccc1-2.CC(C)c1cccc(C(C)C)c1-n1ccnc1-c1ccccc1C(C)[C@@H](C)C(C)C. The summed E-state index contributed by atoms with van der Waals surface area (Å²) in [6.45, 7) is 36.5. The van der Waals surface area contributed by atoms with E-state index >= 15 is 0 Å². The highest BCUT2D eigenvalue weighted by Gasteiger charge is 2.40. The van der Waals surface area contributed by atoms with Crippen molar-refractivity contribution in [1.82, 2.24) is 19.1 Å². The van der Waals surface area contributed by atoms with Gasteiger partial charge in [0.25, 0.3) is 0 Å². The van der Waals surface area contributed by atoms with Crippen molar-refractivity contribution in [3.8, 4) is 45.3 Å². The van der Waals surface area contributed by atoms with Gasteiger partial charge in [0, 0.05) is 41.3 Å². The molecule has 0 aliphatic heterocycles. The van der Waals surface area contributed by atoms with Crippen molar-refractivity contribution >= 4 is 0 Å². The Morgan fingerprint density at radius 3 is 1.53 bits per heavy atom. The van der Waals surface area contributed by atoms with Crippen LogP contribution >= 0.6 is 0 Å². The van der Waals surface area contributed by atoms with Crippen molar-refractivity contribution in [3.05, 3.63) is 167 Å². The van der Waals surface area contributed by atoms with Crippen molar-refractivity contribution in [3.63, 3.8) is 0 Å². The zero-order valence-electron chi connectivity index (χ0n) is 42.0. The molecule has 4 nitrogen and oxygen atoms in total. The molecule has 1 aliphatic rings. The molecule has 1 aliphatic carbocycles. The first-order valence-corrected chi connectivity index (χ1v) is 24.2. The lowest BCUT2D eigenvalue weighted by Gasteiger charge is -2.30. The fourth-order valence-corrected chi connectivity index (χ4v) is 9.99. The molecule has 2 atom stereocenters. The Morgan fingerprint density at radius 1 is 0.469 bits per heavy atom. The maximum Gasteiger partial charge on any atom is 0.144 e. The van der Waals surface area contributed by atoms with Gasteiger partial charge >= 0.3 is 0 Å². The molecule has 4 heteroatoms. The zero-order chi connectivity index (χ0) is 46.6. The Morgan fingerprint density at radius 2 is 0.969 bits per heavy atom. The number of hydrogen-bond acceptors (Lipinski definition) is 2. The largest absolute Gasteiger partial charge is 0.299 e. The van der Waals surface area contributed by atoms with E-state index in [1.165, 1.54) is 67.0 Å². The van der Waals surface area contributed by atoms with Gasteiger partial charge in [0.05, 0.1) is 11.4 Å². The third-order valence-electron chi connectivity index (χ3n) is 13.8. The molecule has 336 valence electrons. The van der Waals surface area contributed by atoms with Crippen LogP contribution < -0.4 is 0 Å². The van der Waals surface area contributed by atoms with Gasteiger partial charge in [-0.2, -0.15) is 0 Å². The van der Waals surface area contributed by atoms with Gasteiger partial charge in [0.15, 0.2) is 0 Å². The highest BCUT2D eigenvalue weighted by molar-refractivity contribution is 5.85. The average Bonchev–Trinajstić information content (AvgIpc) is 4.04. The van der Waals surface area contributed by atoms with Gasteiger partial charge in [-0.05, 0) is 97.6 Å². The van der Waals surface area contributed by atoms with E-state index in [1.807, 2.05) is 26.2 Å². The van der Waals surface area contributed by atoms with Crippen molar-refractivity contribution < 1.29 is 0 Å². The Labute approximate surface area is 387 Å². The second kappa shape index (κ2) is 20.1. The fourth-order valence-electron chi connectivity index (χ4n) is 9.99. The summed E-state index contributed by atoms with van der Waals surface area (Å²) in [4.78, 5) is 9.67. The summed E-state index contributed by atoms with van der Waals surface area (Å²) in [5.74, 6) is 5.44. The van der Waals surface area contributed by atoms with Crippen LogP contribution in [-0.4, -0.2) is 19.1 Å². The Bertz CT molecular complexity index is 2600. The maximum atomic E-state index is 4.87. The second-order valence-electron chi connectivity index (χ2n) is 19.8. The quantitative estimate of drug-likeness (QED) is 0.130. The number of imidazole rings is 2. The van der Waals surface area contributed by atoms with Crippen LogP contribution in [0, 0.1) is 11.8 Å². The lowest BCUT2D eigenvalue weighted by atomic mass is 9.76. The zero-order valence-corrected chi connectivity index (χ0v) is 42.0. The number of fused-ring (bicyclic) bond motifs is 3. The first-order valence-electron chi connectivity index (χ1n) is 24.2. The van der Waals surface area contributed by atoms with E-state index in [-0.39, 0.29) is 5.41 Å². The van der Waals surface area contributed by atoms with Crippen molar-refractivity contribution in [2.75, 3.05) is 0 Å². The van der Waals surface area contributed by atoms with Crippen molar-refractivity contribution in [2.24, 2.45) is 11.8 Å². The van der Waals surface area contributed by atoms with Crippen LogP contribution in [0.15, 0.2) is 128 Å². The lowest BCUT2D eigenvalue weighted by molar-refractivity contribution is 0.363. The third kappa shape index (κ3) is 9.08. The monoisotopic (exact) mass is 853 g/mol. The number of para-hydroxylation sites is 1. The van der Waals surface area contributed by atoms with Crippen molar-refractivity contribution in [2.45, 2.75) is 146 Å². The molecule has 0 bridgehead atoms. The van der Waals surface area contributed by atoms with Crippen LogP contribution in [0.4, 0.5) is 0 Å². The number of rotatable bonds is 11. The summed E-state index contributed by atoms with van der Waals surface area (Å²) >= 11 is 0. The number of aromatic nitrogens is 4. The van der Waals surface area contributed by atoms with Crippen LogP contribution in [0.25, 0.3) is 45.3 Å². The lowest BCUT2D eigenvalue weighted by Crippen LogP contribution is -2.20. The Kier molecular flexibility index (Phi) is 15.1. The molecular weight excluding hydrogens is 777 g/mol. The van der Waals surface area contributed by atoms with Gasteiger partial charge in [-0.3, -0.25) is 9.13 Å². The molecule has 0 saturated carbocycles. The van der Waals surface area contributed by atoms with Crippen LogP contribution in [0.2, 0.25) is 0 Å². The van der Waals surface area contributed by atoms with Crippen LogP contribution in [0.3, 0.4) is 0 Å². The Balaban J connectivity index is 0.000000205. The molecule has 64 heavy (non-hydrogen) atoms. The highest BCUT2D eigenvalue weighted by Crippen LogP contribution is 2.54. The smallest absolute Gasteiger partial charge is 0.144 e. The molecule has 2 aromatic heterocycles. The Hall–Kier alpha value is -5.48. The summed E-state index contributed by atoms with van der Waals surface area (Å²) in [7, 11) is 0. The van der Waals surface area contributed by atoms with Gasteiger partial charge in [0.2, 0.25) is 0 Å². The minimum Gasteiger partial charge on any atom is -0.299 e. The third-order valence-corrected chi connectivity index (χ3v) is 13.8. The molecular formula is C60H76N4. The van der Waals surface area contributed by atoms with Gasteiger partial charge in [0.1, 0.15) is 11.6 Å². The molecule has 0 saturated heterocycles. The number of hydrogen-bond donors (Lipinski definition) is 0. The van der Waals surface area contributed by atoms with E-state index in [2.05, 4.69) is 222 Å². The molecule has 1 unspecified atom stereocenters. The standard InChI is InChI=1S/C30H32N2.C28H38N2.C2H6/c1-19(2)23-18-24-22-14-10-11-15-25(22)30(5,6)27(24)26(20(3)4)28(23)32-17-16-31-29(32)21-12-8-7-9-13-21;1-18(2)21(7)22(8)25-12-9-10-13-26(25)28-29-16-17-30(28)27-23(19(3)4)14-11-15-24(27)20(5)6;1-2/h7-20H,1-6H3;9-22H,1-8H3;1-2H3/t;21-,22?;/m.0./s1. The number of nitrogens with zero attached hydrogens (tertiary/aromatic N) is 4. The van der Waals surface area contributed by atoms with Crippen LogP contribution in [0.1, 0.15) is 179 Å². The van der Waals surface area contributed by atoms with E-state index in [4.69, 9.17) is 9.97 Å². The predicted molar refractivity (Wildman–Crippen MR) is 276 cm³/mol. The minimum absolute atomic E-state index is 0.0384. The van der Waals surface area contributed by atoms with E-state index in [1.54, 1.807) is 0 Å². The molecule has 0 radical (unpaired) electrons. The van der Waals surface area contributed by atoms with Crippen LogP contribution in [-0.2, 0) is 5.41 Å². The second-order valence-corrected chi connectivity index (χ2v) is 19.8. The van der Waals surface area contributed by atoms with Gasteiger partial charge in [-0.15, -0.1) is 0 Å². The van der Waals surface area contributed by atoms with Crippen LogP contribution in [0.5, 0.6) is 0 Å². The van der Waals surface area contributed by atoms with Gasteiger partial charge in [-0.1, -0.05) is 208 Å². The summed E-state index contributed by atoms with van der Waals surface area (Å²) in [6.07, 6.45) is 8.15. The maximum absolute atomic E-state index is 4.87. The first-order chi connectivity index (χ1) is 30.6. The summed E-state index contributed by atoms with van der Waals surface area (Å²) in [5, 5.41) is 0. The molecule has 8 rings (SSSR count). The summed E-state index contributed by atoms with van der Waals surface area (Å²) in [6, 6.07) is 37.5. The fraction of sp³-hybridized carbons (Fsp3) is 0.400. The van der Waals surface area contributed by atoms with Gasteiger partial charge < -0.3 is 0 Å². The van der Waals surface area contributed by atoms with E-state index in [9.17, 15) is 0 Å². The minimum atomic E-state index is -0.0384. The predicted octanol–water partition coefficient (Wildman–Crippen LogP) is 17.3. The molecule has 0 amide bonds. The summed E-state index contributed by atoms with van der Waals surface area (Å²) < 4.78 is 4.66. The van der Waals surface area contributed by atoms with E-state index in [0.29, 0.717) is 41.4 Å². The molecule has 0 fully saturated rings. The molecule has 0 N–H and O–H groups in total. The molecule has 0 spiro atoms. The van der Waals surface area contributed by atoms with Gasteiger partial charge in [-0.25, -0.2) is 9.97 Å². The van der Waals surface area contributed by atoms with Crippen molar-refractivity contribution in [1.29, 1.82) is 0 Å². The summed E-state index contributed by atoms with van der Waals surface area (Å²) in [5.41, 5.74) is 17.6. The molecule has 7 aromatic rings. The van der Waals surface area contributed by atoms with E-state index in [0.717, 1.165) is 17.2 Å². The molecule has 5 aromatic carbocycles. The topological polar surface area (TPSA) is 35.6 Å². The molecule has 2 heterocycles. The highest BCUT2D eigenvalue weighted by atomic mass is 15.1. The first kappa shape index (κ1) is 48.0. The average molecular weight is 853 g/mol. The number of benzene rings is 5. The normalized spacial score (nSPS) is 13.7. The van der Waals surface area contributed by atoms with E-state index < -0.39 is 0 Å².